The lowest BCUT2D eigenvalue weighted by Gasteiger charge is -2.26. The second-order valence-electron chi connectivity index (χ2n) is 4.74. The quantitative estimate of drug-likeness (QED) is 0.690. The Morgan fingerprint density at radius 3 is 3.05 bits per heavy atom. The molecule has 3 heterocycles. The van der Waals surface area contributed by atoms with Crippen molar-refractivity contribution >= 4 is 5.91 Å². The van der Waals surface area contributed by atoms with Gasteiger partial charge in [-0.1, -0.05) is 5.21 Å². The minimum absolute atomic E-state index is 0.223. The van der Waals surface area contributed by atoms with Crippen molar-refractivity contribution in [2.75, 3.05) is 19.6 Å². The Morgan fingerprint density at radius 1 is 1.55 bits per heavy atom. The van der Waals surface area contributed by atoms with E-state index >= 15 is 0 Å². The van der Waals surface area contributed by atoms with Crippen molar-refractivity contribution in [3.8, 4) is 0 Å². The average Bonchev–Trinajstić information content (AvgIpc) is 2.97. The van der Waals surface area contributed by atoms with E-state index in [1.54, 1.807) is 21.9 Å². The van der Waals surface area contributed by atoms with E-state index in [0.29, 0.717) is 30.5 Å². The average molecular weight is 276 g/mol. The van der Waals surface area contributed by atoms with Crippen LogP contribution in [0.1, 0.15) is 22.4 Å². The fraction of sp³-hybridized carbons (Fsp3) is 0.545. The van der Waals surface area contributed by atoms with Gasteiger partial charge in [-0.15, -0.1) is 5.10 Å². The Kier molecular flexibility index (Phi) is 3.42. The van der Waals surface area contributed by atoms with Crippen LogP contribution in [0.2, 0.25) is 0 Å². The van der Waals surface area contributed by atoms with Gasteiger partial charge >= 0.3 is 0 Å². The molecule has 3 rings (SSSR count). The molecule has 1 saturated heterocycles. The van der Waals surface area contributed by atoms with Gasteiger partial charge in [0.15, 0.2) is 11.5 Å². The van der Waals surface area contributed by atoms with Crippen LogP contribution in [0.4, 0.5) is 0 Å². The fourth-order valence-corrected chi connectivity index (χ4v) is 1.90. The lowest BCUT2D eigenvalue weighted by atomic mass is 10.2. The molecule has 1 fully saturated rings. The van der Waals surface area contributed by atoms with E-state index in [-0.39, 0.29) is 5.91 Å². The third kappa shape index (κ3) is 2.67. The van der Waals surface area contributed by atoms with Gasteiger partial charge in [-0.2, -0.15) is 5.10 Å². The molecule has 2 aromatic rings. The Morgan fingerprint density at radius 2 is 2.40 bits per heavy atom. The van der Waals surface area contributed by atoms with Gasteiger partial charge in [-0.25, -0.2) is 9.67 Å². The molecule has 0 aliphatic carbocycles. The van der Waals surface area contributed by atoms with Crippen LogP contribution in [-0.4, -0.2) is 55.3 Å². The molecule has 106 valence electrons. The largest absolute Gasteiger partial charge is 0.350 e. The second-order valence-corrected chi connectivity index (χ2v) is 4.74. The van der Waals surface area contributed by atoms with Crippen LogP contribution in [0, 0.1) is 0 Å². The van der Waals surface area contributed by atoms with Crippen molar-refractivity contribution in [2.24, 2.45) is 7.05 Å². The first kappa shape index (κ1) is 12.7. The van der Waals surface area contributed by atoms with E-state index in [9.17, 15) is 4.79 Å². The number of aryl methyl sites for hydroxylation is 1. The van der Waals surface area contributed by atoms with Crippen molar-refractivity contribution in [1.29, 1.82) is 0 Å². The van der Waals surface area contributed by atoms with Crippen molar-refractivity contribution in [2.45, 2.75) is 12.5 Å². The summed E-state index contributed by atoms with van der Waals surface area (Å²) in [5, 5.41) is 17.9. The molecule has 0 radical (unpaired) electrons. The van der Waals surface area contributed by atoms with Gasteiger partial charge in [0.2, 0.25) is 0 Å². The molecule has 0 atom stereocenters. The van der Waals surface area contributed by atoms with Gasteiger partial charge in [0.25, 0.3) is 5.91 Å². The van der Waals surface area contributed by atoms with Gasteiger partial charge in [0, 0.05) is 33.1 Å². The lowest BCUT2D eigenvalue weighted by molar-refractivity contribution is 0.0949. The van der Waals surface area contributed by atoms with Crippen LogP contribution in [0.3, 0.4) is 0 Å². The zero-order valence-corrected chi connectivity index (χ0v) is 11.2. The third-order valence-electron chi connectivity index (χ3n) is 3.16. The first-order chi connectivity index (χ1) is 9.72. The Labute approximate surface area is 115 Å². The minimum atomic E-state index is -0.223. The van der Waals surface area contributed by atoms with Crippen molar-refractivity contribution in [3.63, 3.8) is 0 Å². The number of nitrogens with zero attached hydrogens (tertiary/aromatic N) is 6. The highest BCUT2D eigenvalue weighted by Crippen LogP contribution is 2.09. The summed E-state index contributed by atoms with van der Waals surface area (Å²) in [5.74, 6) is 0.483. The fourth-order valence-electron chi connectivity index (χ4n) is 1.90. The summed E-state index contributed by atoms with van der Waals surface area (Å²) in [6.07, 6.45) is 3.91. The second kappa shape index (κ2) is 5.37. The van der Waals surface area contributed by atoms with Crippen molar-refractivity contribution in [3.05, 3.63) is 24.0 Å². The maximum absolute atomic E-state index is 11.9. The number of rotatable bonds is 5. The smallest absolute Gasteiger partial charge is 0.273 e. The van der Waals surface area contributed by atoms with Gasteiger partial charge in [0.1, 0.15) is 6.33 Å². The summed E-state index contributed by atoms with van der Waals surface area (Å²) >= 11 is 0. The maximum atomic E-state index is 11.9. The molecule has 0 bridgehead atoms. The van der Waals surface area contributed by atoms with E-state index in [4.69, 9.17) is 0 Å². The van der Waals surface area contributed by atoms with Gasteiger partial charge in [0.05, 0.1) is 12.2 Å². The predicted octanol–water partition coefficient (Wildman–Crippen LogP) is -1.48. The van der Waals surface area contributed by atoms with E-state index in [0.717, 1.165) is 13.1 Å². The minimum Gasteiger partial charge on any atom is -0.350 e. The van der Waals surface area contributed by atoms with E-state index in [1.165, 1.54) is 0 Å². The SMILES string of the molecule is Cn1cnc(CCNC(=O)c2cn(C3CNC3)nn2)n1. The van der Waals surface area contributed by atoms with E-state index in [1.807, 2.05) is 7.05 Å². The zero-order chi connectivity index (χ0) is 13.9. The van der Waals surface area contributed by atoms with Crippen LogP contribution in [0.25, 0.3) is 0 Å². The molecular formula is C11H16N8O. The number of carbonyl (C=O) groups excluding carboxylic acids is 1. The Hall–Kier alpha value is -2.29. The number of carbonyl (C=O) groups is 1. The Bertz CT molecular complexity index is 599. The van der Waals surface area contributed by atoms with Gasteiger partial charge < -0.3 is 10.6 Å². The highest BCUT2D eigenvalue weighted by atomic mass is 16.2. The first-order valence-electron chi connectivity index (χ1n) is 6.47. The van der Waals surface area contributed by atoms with Crippen LogP contribution in [0.15, 0.2) is 12.5 Å². The molecular weight excluding hydrogens is 260 g/mol. The Balaban J connectivity index is 1.49. The molecule has 1 aliphatic heterocycles. The summed E-state index contributed by atoms with van der Waals surface area (Å²) in [6, 6.07) is 0.307. The molecule has 0 unspecified atom stereocenters. The summed E-state index contributed by atoms with van der Waals surface area (Å²) in [6.45, 7) is 2.21. The van der Waals surface area contributed by atoms with E-state index in [2.05, 4.69) is 31.0 Å². The van der Waals surface area contributed by atoms with Crippen molar-refractivity contribution < 1.29 is 4.79 Å². The summed E-state index contributed by atoms with van der Waals surface area (Å²) < 4.78 is 3.36. The first-order valence-corrected chi connectivity index (χ1v) is 6.47. The molecule has 9 nitrogen and oxygen atoms in total. The summed E-state index contributed by atoms with van der Waals surface area (Å²) in [5.41, 5.74) is 0.339. The highest BCUT2D eigenvalue weighted by molar-refractivity contribution is 5.91. The van der Waals surface area contributed by atoms with Crippen LogP contribution in [0.5, 0.6) is 0 Å². The molecule has 20 heavy (non-hydrogen) atoms. The number of amides is 1. The zero-order valence-electron chi connectivity index (χ0n) is 11.2. The third-order valence-corrected chi connectivity index (χ3v) is 3.16. The molecule has 0 aromatic carbocycles. The predicted molar refractivity (Wildman–Crippen MR) is 69.0 cm³/mol. The molecule has 1 aliphatic rings. The van der Waals surface area contributed by atoms with Gasteiger partial charge in [-0.3, -0.25) is 9.48 Å². The van der Waals surface area contributed by atoms with Crippen LogP contribution < -0.4 is 10.6 Å². The van der Waals surface area contributed by atoms with Crippen LogP contribution >= 0.6 is 0 Å². The van der Waals surface area contributed by atoms with E-state index < -0.39 is 0 Å². The molecule has 0 saturated carbocycles. The highest BCUT2D eigenvalue weighted by Gasteiger charge is 2.21. The molecule has 2 N–H and O–H groups in total. The number of hydrogen-bond donors (Lipinski definition) is 2. The number of aromatic nitrogens is 6. The topological polar surface area (TPSA) is 103 Å². The molecule has 9 heteroatoms. The lowest BCUT2D eigenvalue weighted by Crippen LogP contribution is -2.43. The summed E-state index contributed by atoms with van der Waals surface area (Å²) in [7, 11) is 1.81. The van der Waals surface area contributed by atoms with Crippen LogP contribution in [-0.2, 0) is 13.5 Å². The summed E-state index contributed by atoms with van der Waals surface area (Å²) in [4.78, 5) is 16.0. The van der Waals surface area contributed by atoms with Crippen molar-refractivity contribution in [1.82, 2.24) is 40.4 Å². The van der Waals surface area contributed by atoms with Gasteiger partial charge in [-0.05, 0) is 0 Å². The number of hydrogen-bond acceptors (Lipinski definition) is 6. The molecule has 0 spiro atoms. The maximum Gasteiger partial charge on any atom is 0.273 e. The standard InChI is InChI=1S/C11H16N8O/c1-18-7-14-10(16-18)2-3-13-11(20)9-6-19(17-15-9)8-4-12-5-8/h6-8,12H,2-5H2,1H3,(H,13,20). The monoisotopic (exact) mass is 276 g/mol. The molecule has 2 aromatic heterocycles. The number of nitrogens with one attached hydrogen (secondary N) is 2. The normalized spacial score (nSPS) is 15.1. The molecule has 1 amide bonds.